The molecule has 0 unspecified atom stereocenters. The zero-order chi connectivity index (χ0) is 30.3. The van der Waals surface area contributed by atoms with Crippen LogP contribution in [0.25, 0.3) is 0 Å². The molecule has 0 spiro atoms. The van der Waals surface area contributed by atoms with Crippen molar-refractivity contribution >= 4 is 47.1 Å². The number of aryl methyl sites for hydroxylation is 1. The van der Waals surface area contributed by atoms with E-state index in [1.165, 1.54) is 28.4 Å². The third-order valence-corrected chi connectivity index (χ3v) is 9.57. The van der Waals surface area contributed by atoms with Gasteiger partial charge in [-0.1, -0.05) is 66.7 Å². The Labute approximate surface area is 256 Å². The number of aliphatic hydroxyl groups is 1. The van der Waals surface area contributed by atoms with E-state index in [0.717, 1.165) is 21.6 Å². The van der Waals surface area contributed by atoms with Crippen LogP contribution in [0.2, 0.25) is 0 Å². The SMILES string of the molecule is CSc1ccccc1NC(=O)N[C@@H](Cc1ccccc1)[C@H](O)C(=O)N1CSC(C)(C)[C@H]1C(=O)NCc1ccccc1C. The summed E-state index contributed by atoms with van der Waals surface area (Å²) in [6.45, 7) is 6.17. The summed E-state index contributed by atoms with van der Waals surface area (Å²) in [5, 5.41) is 20.1. The first-order chi connectivity index (χ1) is 20.1. The molecule has 1 heterocycles. The highest BCUT2D eigenvalue weighted by molar-refractivity contribution is 8.00. The van der Waals surface area contributed by atoms with Crippen LogP contribution in [0.1, 0.15) is 30.5 Å². The van der Waals surface area contributed by atoms with Gasteiger partial charge in [-0.15, -0.1) is 23.5 Å². The molecule has 0 bridgehead atoms. The van der Waals surface area contributed by atoms with E-state index in [1.54, 1.807) is 6.07 Å². The Morgan fingerprint density at radius 3 is 2.40 bits per heavy atom. The summed E-state index contributed by atoms with van der Waals surface area (Å²) in [4.78, 5) is 42.8. The maximum absolute atomic E-state index is 13.9. The summed E-state index contributed by atoms with van der Waals surface area (Å²) in [7, 11) is 0. The van der Waals surface area contributed by atoms with Gasteiger partial charge in [0, 0.05) is 16.2 Å². The van der Waals surface area contributed by atoms with Crippen LogP contribution in [-0.2, 0) is 22.6 Å². The predicted octanol–water partition coefficient (Wildman–Crippen LogP) is 4.81. The molecule has 4 N–H and O–H groups in total. The molecule has 222 valence electrons. The molecule has 10 heteroatoms. The van der Waals surface area contributed by atoms with Crippen molar-refractivity contribution in [3.05, 3.63) is 95.6 Å². The number of anilines is 1. The molecule has 3 aromatic carbocycles. The first kappa shape index (κ1) is 31.5. The fraction of sp³-hybridized carbons (Fsp3) is 0.344. The minimum absolute atomic E-state index is 0.222. The second kappa shape index (κ2) is 14.1. The van der Waals surface area contributed by atoms with E-state index in [9.17, 15) is 19.5 Å². The van der Waals surface area contributed by atoms with Gasteiger partial charge >= 0.3 is 6.03 Å². The molecule has 1 fully saturated rings. The van der Waals surface area contributed by atoms with E-state index in [1.807, 2.05) is 99.8 Å². The number of thioether (sulfide) groups is 2. The molecule has 1 aliphatic rings. The van der Waals surface area contributed by atoms with E-state index in [2.05, 4.69) is 16.0 Å². The fourth-order valence-corrected chi connectivity index (χ4v) is 6.72. The molecule has 42 heavy (non-hydrogen) atoms. The van der Waals surface area contributed by atoms with E-state index < -0.39 is 34.9 Å². The second-order valence-electron chi connectivity index (χ2n) is 10.8. The Bertz CT molecular complexity index is 1400. The van der Waals surface area contributed by atoms with Crippen LogP contribution in [0.5, 0.6) is 0 Å². The topological polar surface area (TPSA) is 111 Å². The third kappa shape index (κ3) is 7.67. The molecule has 3 aromatic rings. The van der Waals surface area contributed by atoms with Crippen LogP contribution in [0.15, 0.2) is 83.8 Å². The molecular formula is C32H38N4O4S2. The lowest BCUT2D eigenvalue weighted by atomic mass is 9.97. The van der Waals surface area contributed by atoms with Crippen molar-refractivity contribution in [1.82, 2.24) is 15.5 Å². The summed E-state index contributed by atoms with van der Waals surface area (Å²) in [6, 6.07) is 22.3. The maximum atomic E-state index is 13.9. The van der Waals surface area contributed by atoms with E-state index in [-0.39, 0.29) is 18.2 Å². The smallest absolute Gasteiger partial charge is 0.319 e. The minimum Gasteiger partial charge on any atom is -0.381 e. The van der Waals surface area contributed by atoms with Crippen LogP contribution in [0, 0.1) is 6.92 Å². The molecule has 8 nitrogen and oxygen atoms in total. The molecule has 4 rings (SSSR count). The molecule has 0 radical (unpaired) electrons. The summed E-state index contributed by atoms with van der Waals surface area (Å²) >= 11 is 2.98. The van der Waals surface area contributed by atoms with Crippen molar-refractivity contribution < 1.29 is 19.5 Å². The Morgan fingerprint density at radius 1 is 1.02 bits per heavy atom. The highest BCUT2D eigenvalue weighted by Gasteiger charge is 2.49. The van der Waals surface area contributed by atoms with Crippen LogP contribution in [0.4, 0.5) is 10.5 Å². The number of hydrogen-bond acceptors (Lipinski definition) is 6. The number of hydrogen-bond donors (Lipinski definition) is 4. The van der Waals surface area contributed by atoms with Crippen LogP contribution in [-0.4, -0.2) is 62.9 Å². The van der Waals surface area contributed by atoms with Gasteiger partial charge < -0.3 is 26.0 Å². The molecule has 0 saturated carbocycles. The normalized spacial score (nSPS) is 17.3. The second-order valence-corrected chi connectivity index (χ2v) is 13.2. The highest BCUT2D eigenvalue weighted by atomic mass is 32.2. The van der Waals surface area contributed by atoms with Crippen molar-refractivity contribution in [2.75, 3.05) is 17.4 Å². The monoisotopic (exact) mass is 606 g/mol. The summed E-state index contributed by atoms with van der Waals surface area (Å²) in [5.74, 6) is -0.640. The molecular weight excluding hydrogens is 569 g/mol. The Balaban J connectivity index is 1.52. The minimum atomic E-state index is -1.58. The lowest BCUT2D eigenvalue weighted by molar-refractivity contribution is -0.147. The number of carbonyl (C=O) groups excluding carboxylic acids is 3. The number of benzene rings is 3. The average Bonchev–Trinajstić information content (AvgIpc) is 3.31. The third-order valence-electron chi connectivity index (χ3n) is 7.40. The average molecular weight is 607 g/mol. The zero-order valence-corrected chi connectivity index (χ0v) is 25.9. The first-order valence-corrected chi connectivity index (χ1v) is 16.0. The maximum Gasteiger partial charge on any atom is 0.319 e. The number of para-hydroxylation sites is 1. The molecule has 1 aliphatic heterocycles. The van der Waals surface area contributed by atoms with Gasteiger partial charge in [0.1, 0.15) is 6.04 Å². The number of rotatable bonds is 10. The van der Waals surface area contributed by atoms with Crippen molar-refractivity contribution in [1.29, 1.82) is 0 Å². The summed E-state index contributed by atoms with van der Waals surface area (Å²) < 4.78 is -0.577. The molecule has 0 aromatic heterocycles. The van der Waals surface area contributed by atoms with Crippen molar-refractivity contribution in [3.8, 4) is 0 Å². The number of amides is 4. The van der Waals surface area contributed by atoms with Gasteiger partial charge in [0.2, 0.25) is 5.91 Å². The largest absolute Gasteiger partial charge is 0.381 e. The van der Waals surface area contributed by atoms with Gasteiger partial charge in [-0.2, -0.15) is 0 Å². The Hall–Kier alpha value is -3.47. The number of nitrogens with one attached hydrogen (secondary N) is 3. The Kier molecular flexibility index (Phi) is 10.6. The van der Waals surface area contributed by atoms with E-state index in [0.29, 0.717) is 12.2 Å². The van der Waals surface area contributed by atoms with Crippen LogP contribution in [0.3, 0.4) is 0 Å². The Morgan fingerprint density at radius 2 is 1.69 bits per heavy atom. The lowest BCUT2D eigenvalue weighted by Crippen LogP contribution is -2.59. The fourth-order valence-electron chi connectivity index (χ4n) is 5.03. The molecule has 3 atom stereocenters. The van der Waals surface area contributed by atoms with Crippen molar-refractivity contribution in [2.45, 2.75) is 61.6 Å². The lowest BCUT2D eigenvalue weighted by Gasteiger charge is -2.33. The summed E-state index contributed by atoms with van der Waals surface area (Å²) in [6.07, 6.45) is 0.565. The number of nitrogens with zero attached hydrogens (tertiary/aromatic N) is 1. The van der Waals surface area contributed by atoms with E-state index in [4.69, 9.17) is 0 Å². The van der Waals surface area contributed by atoms with Crippen molar-refractivity contribution in [2.24, 2.45) is 0 Å². The van der Waals surface area contributed by atoms with Gasteiger partial charge in [0.25, 0.3) is 5.91 Å². The molecule has 0 aliphatic carbocycles. The number of urea groups is 1. The van der Waals surface area contributed by atoms with Gasteiger partial charge in [0.05, 0.1) is 17.6 Å². The summed E-state index contributed by atoms with van der Waals surface area (Å²) in [5.41, 5.74) is 3.54. The molecule has 4 amide bonds. The van der Waals surface area contributed by atoms with Gasteiger partial charge in [0.15, 0.2) is 6.10 Å². The zero-order valence-electron chi connectivity index (χ0n) is 24.3. The first-order valence-electron chi connectivity index (χ1n) is 13.8. The standard InChI is InChI=1S/C32H38N4O4S2/c1-21-12-8-9-15-23(21)19-33-29(38)28-32(2,3)42-20-36(28)30(39)27(37)25(18-22-13-6-5-7-14-22)35-31(40)34-24-16-10-11-17-26(24)41-4/h5-17,25,27-28,37H,18-20H2,1-4H3,(H,33,38)(H2,34,35,40)/t25-,27-,28+/m0/s1. The van der Waals surface area contributed by atoms with Crippen molar-refractivity contribution in [3.63, 3.8) is 0 Å². The van der Waals surface area contributed by atoms with Gasteiger partial charge in [-0.05, 0) is 62.3 Å². The number of aliphatic hydroxyl groups excluding tert-OH is 1. The van der Waals surface area contributed by atoms with Gasteiger partial charge in [-0.25, -0.2) is 4.79 Å². The molecule has 1 saturated heterocycles. The van der Waals surface area contributed by atoms with Crippen LogP contribution >= 0.6 is 23.5 Å². The highest BCUT2D eigenvalue weighted by Crippen LogP contribution is 2.40. The predicted molar refractivity (Wildman–Crippen MR) is 171 cm³/mol. The number of carbonyl (C=O) groups is 3. The van der Waals surface area contributed by atoms with Gasteiger partial charge in [-0.3, -0.25) is 9.59 Å². The van der Waals surface area contributed by atoms with E-state index >= 15 is 0 Å². The van der Waals surface area contributed by atoms with Crippen LogP contribution < -0.4 is 16.0 Å². The quantitative estimate of drug-likeness (QED) is 0.247.